The van der Waals surface area contributed by atoms with Crippen LogP contribution in [0, 0.1) is 0 Å². The fourth-order valence-corrected chi connectivity index (χ4v) is 4.85. The molecule has 7 nitrogen and oxygen atoms in total. The van der Waals surface area contributed by atoms with Crippen LogP contribution in [0.3, 0.4) is 0 Å². The summed E-state index contributed by atoms with van der Waals surface area (Å²) >= 11 is 5.99. The zero-order valence-electron chi connectivity index (χ0n) is 19.9. The number of nitrogens with one attached hydrogen (secondary N) is 1. The van der Waals surface area contributed by atoms with E-state index in [0.717, 1.165) is 16.5 Å². The number of likely N-dealkylation sites (tertiary alicyclic amines) is 1. The van der Waals surface area contributed by atoms with Crippen molar-refractivity contribution in [3.05, 3.63) is 112 Å². The number of methoxy groups -OCH3 is 1. The number of benzene rings is 3. The molecular formula is C29H23ClN2O5. The summed E-state index contributed by atoms with van der Waals surface area (Å²) in [5, 5.41) is 12.7. The number of aliphatic hydroxyl groups excluding tert-OH is 1. The molecule has 1 aliphatic heterocycles. The number of Topliss-reactive ketones (excluding diaryl/α,β-unsaturated/α-hetero) is 1. The topological polar surface area (TPSA) is 99.7 Å². The van der Waals surface area contributed by atoms with Gasteiger partial charge in [-0.2, -0.15) is 0 Å². The summed E-state index contributed by atoms with van der Waals surface area (Å²) in [6, 6.07) is 19.9. The third kappa shape index (κ3) is 4.49. The van der Waals surface area contributed by atoms with Crippen LogP contribution in [0.4, 0.5) is 0 Å². The summed E-state index contributed by atoms with van der Waals surface area (Å²) in [6.45, 7) is 0.243. The SMILES string of the molecule is COC(=O)c1ccc([C@H]2C(=C(O)c3ccc(Cl)cc3)C(=O)C(=O)N2CCc2c[nH]c3ccccc23)cc1. The van der Waals surface area contributed by atoms with E-state index in [1.807, 2.05) is 30.5 Å². The first kappa shape index (κ1) is 24.3. The van der Waals surface area contributed by atoms with E-state index in [1.54, 1.807) is 48.5 Å². The number of aromatic nitrogens is 1. The number of para-hydroxylation sites is 1. The van der Waals surface area contributed by atoms with Gasteiger partial charge in [0.1, 0.15) is 5.76 Å². The van der Waals surface area contributed by atoms with Crippen LogP contribution in [0.2, 0.25) is 5.02 Å². The molecule has 37 heavy (non-hydrogen) atoms. The lowest BCUT2D eigenvalue weighted by Gasteiger charge is -2.25. The van der Waals surface area contributed by atoms with Crippen LogP contribution in [-0.2, 0) is 20.7 Å². The molecule has 0 aliphatic carbocycles. The minimum atomic E-state index is -0.840. The van der Waals surface area contributed by atoms with Gasteiger partial charge >= 0.3 is 5.97 Å². The maximum Gasteiger partial charge on any atom is 0.337 e. The zero-order valence-corrected chi connectivity index (χ0v) is 20.7. The number of esters is 1. The molecule has 186 valence electrons. The average molecular weight is 515 g/mol. The second-order valence-electron chi connectivity index (χ2n) is 8.72. The van der Waals surface area contributed by atoms with Gasteiger partial charge in [-0.15, -0.1) is 0 Å². The van der Waals surface area contributed by atoms with Crippen LogP contribution in [0.15, 0.2) is 84.6 Å². The molecule has 1 fully saturated rings. The Morgan fingerprint density at radius 2 is 1.68 bits per heavy atom. The summed E-state index contributed by atoms with van der Waals surface area (Å²) in [5.41, 5.74) is 3.26. The Labute approximate surface area is 217 Å². The number of carbonyl (C=O) groups is 3. The lowest BCUT2D eigenvalue weighted by Crippen LogP contribution is -2.31. The van der Waals surface area contributed by atoms with Crippen LogP contribution < -0.4 is 0 Å². The number of hydrogen-bond acceptors (Lipinski definition) is 5. The van der Waals surface area contributed by atoms with Gasteiger partial charge in [-0.05, 0) is 60.0 Å². The van der Waals surface area contributed by atoms with E-state index in [-0.39, 0.29) is 17.9 Å². The Hall–Kier alpha value is -4.36. The van der Waals surface area contributed by atoms with Crippen molar-refractivity contribution in [2.75, 3.05) is 13.7 Å². The minimum Gasteiger partial charge on any atom is -0.507 e. The molecule has 1 aliphatic rings. The smallest absolute Gasteiger partial charge is 0.337 e. The van der Waals surface area contributed by atoms with Crippen molar-refractivity contribution in [3.63, 3.8) is 0 Å². The average Bonchev–Trinajstić information content (AvgIpc) is 3.45. The molecule has 8 heteroatoms. The molecule has 0 bridgehead atoms. The zero-order chi connectivity index (χ0) is 26.1. The summed E-state index contributed by atoms with van der Waals surface area (Å²) in [7, 11) is 1.29. The third-order valence-electron chi connectivity index (χ3n) is 6.60. The Balaban J connectivity index is 1.56. The van der Waals surface area contributed by atoms with E-state index in [9.17, 15) is 19.5 Å². The Bertz CT molecular complexity index is 1540. The number of H-pyrrole nitrogens is 1. The number of nitrogens with zero attached hydrogens (tertiary/aromatic N) is 1. The van der Waals surface area contributed by atoms with Crippen molar-refractivity contribution in [1.29, 1.82) is 0 Å². The molecule has 2 N–H and O–H groups in total. The minimum absolute atomic E-state index is 0.0166. The Kier molecular flexibility index (Phi) is 6.54. The van der Waals surface area contributed by atoms with E-state index < -0.39 is 23.7 Å². The molecule has 0 spiro atoms. The highest BCUT2D eigenvalue weighted by Crippen LogP contribution is 2.40. The second-order valence-corrected chi connectivity index (χ2v) is 9.16. The van der Waals surface area contributed by atoms with E-state index in [4.69, 9.17) is 16.3 Å². The molecule has 0 radical (unpaired) electrons. The van der Waals surface area contributed by atoms with Crippen molar-refractivity contribution in [2.45, 2.75) is 12.5 Å². The molecule has 4 aromatic rings. The number of fused-ring (bicyclic) bond motifs is 1. The van der Waals surface area contributed by atoms with Crippen molar-refractivity contribution >= 4 is 45.9 Å². The van der Waals surface area contributed by atoms with Crippen molar-refractivity contribution < 1.29 is 24.2 Å². The first-order chi connectivity index (χ1) is 17.9. The lowest BCUT2D eigenvalue weighted by atomic mass is 9.94. The molecular weight excluding hydrogens is 492 g/mol. The summed E-state index contributed by atoms with van der Waals surface area (Å²) in [5.74, 6) is -2.25. The number of halogens is 1. The van der Waals surface area contributed by atoms with Crippen molar-refractivity contribution in [2.24, 2.45) is 0 Å². The van der Waals surface area contributed by atoms with Crippen molar-refractivity contribution in [1.82, 2.24) is 9.88 Å². The molecule has 3 aromatic carbocycles. The van der Waals surface area contributed by atoms with Crippen LogP contribution in [0.1, 0.15) is 33.1 Å². The van der Waals surface area contributed by atoms with Gasteiger partial charge in [-0.25, -0.2) is 4.79 Å². The van der Waals surface area contributed by atoms with Crippen LogP contribution in [0.25, 0.3) is 16.7 Å². The Morgan fingerprint density at radius 3 is 2.38 bits per heavy atom. The highest BCUT2D eigenvalue weighted by Gasteiger charge is 2.45. The van der Waals surface area contributed by atoms with E-state index >= 15 is 0 Å². The van der Waals surface area contributed by atoms with E-state index in [1.165, 1.54) is 12.0 Å². The standard InChI is InChI=1S/C29H23ClN2O5/c1-37-29(36)19-8-6-17(7-9-19)25-24(26(33)18-10-12-21(30)13-11-18)27(34)28(35)32(25)15-14-20-16-31-23-5-3-2-4-22(20)23/h2-13,16,25,31,33H,14-15H2,1H3/t25-/m0/s1. The second kappa shape index (κ2) is 9.95. The fourth-order valence-electron chi connectivity index (χ4n) is 4.72. The normalized spacial score (nSPS) is 16.9. The molecule has 0 saturated carbocycles. The van der Waals surface area contributed by atoms with Gasteiger partial charge in [0.25, 0.3) is 11.7 Å². The number of amides is 1. The quantitative estimate of drug-likeness (QED) is 0.158. The molecule has 1 aromatic heterocycles. The number of rotatable bonds is 6. The molecule has 0 unspecified atom stereocenters. The van der Waals surface area contributed by atoms with Gasteiger partial charge in [-0.3, -0.25) is 9.59 Å². The third-order valence-corrected chi connectivity index (χ3v) is 6.85. The number of ketones is 1. The molecule has 1 saturated heterocycles. The van der Waals surface area contributed by atoms with Gasteiger partial charge in [0.05, 0.1) is 24.3 Å². The number of hydrogen-bond donors (Lipinski definition) is 2. The summed E-state index contributed by atoms with van der Waals surface area (Å²) in [4.78, 5) is 43.2. The van der Waals surface area contributed by atoms with Crippen LogP contribution >= 0.6 is 11.6 Å². The summed E-state index contributed by atoms with van der Waals surface area (Å²) in [6.07, 6.45) is 2.39. The van der Waals surface area contributed by atoms with Crippen LogP contribution in [0.5, 0.6) is 0 Å². The molecule has 2 heterocycles. The lowest BCUT2D eigenvalue weighted by molar-refractivity contribution is -0.139. The van der Waals surface area contributed by atoms with Gasteiger partial charge in [0, 0.05) is 34.2 Å². The maximum absolute atomic E-state index is 13.3. The Morgan fingerprint density at radius 1 is 1.00 bits per heavy atom. The maximum atomic E-state index is 13.3. The summed E-state index contributed by atoms with van der Waals surface area (Å²) < 4.78 is 4.78. The van der Waals surface area contributed by atoms with Gasteiger partial charge < -0.3 is 19.7 Å². The highest BCUT2D eigenvalue weighted by molar-refractivity contribution is 6.46. The first-order valence-corrected chi connectivity index (χ1v) is 12.0. The van der Waals surface area contributed by atoms with Gasteiger partial charge in [0.2, 0.25) is 0 Å². The molecule has 1 atom stereocenters. The predicted molar refractivity (Wildman–Crippen MR) is 140 cm³/mol. The monoisotopic (exact) mass is 514 g/mol. The first-order valence-electron chi connectivity index (χ1n) is 11.7. The predicted octanol–water partition coefficient (Wildman–Crippen LogP) is 5.27. The fraction of sp³-hybridized carbons (Fsp3) is 0.138. The number of ether oxygens (including phenoxy) is 1. The largest absolute Gasteiger partial charge is 0.507 e. The molecule has 5 rings (SSSR count). The molecule has 1 amide bonds. The highest BCUT2D eigenvalue weighted by atomic mass is 35.5. The van der Waals surface area contributed by atoms with E-state index in [0.29, 0.717) is 28.1 Å². The van der Waals surface area contributed by atoms with Gasteiger partial charge in [0.15, 0.2) is 0 Å². The van der Waals surface area contributed by atoms with E-state index in [2.05, 4.69) is 4.98 Å². The van der Waals surface area contributed by atoms with Crippen molar-refractivity contribution in [3.8, 4) is 0 Å². The van der Waals surface area contributed by atoms with Crippen LogP contribution in [-0.4, -0.2) is 46.3 Å². The number of aliphatic hydroxyl groups is 1. The number of aromatic amines is 1. The number of carbonyl (C=O) groups excluding carboxylic acids is 3. The van der Waals surface area contributed by atoms with Gasteiger partial charge in [-0.1, -0.05) is 41.9 Å².